The first-order chi connectivity index (χ1) is 8.81. The average Bonchev–Trinajstić information content (AvgIpc) is 3.17. The van der Waals surface area contributed by atoms with Crippen LogP contribution in [-0.2, 0) is 6.42 Å². The topological polar surface area (TPSA) is 43.8 Å². The van der Waals surface area contributed by atoms with E-state index in [1.54, 1.807) is 0 Å². The summed E-state index contributed by atoms with van der Waals surface area (Å²) in [6.07, 6.45) is 4.60. The van der Waals surface area contributed by atoms with Gasteiger partial charge in [0.1, 0.15) is 17.3 Å². The summed E-state index contributed by atoms with van der Waals surface area (Å²) in [5.74, 6) is 1.99. The van der Waals surface area contributed by atoms with E-state index >= 15 is 0 Å². The Bertz CT molecular complexity index is 538. The summed E-state index contributed by atoms with van der Waals surface area (Å²) in [4.78, 5) is 4.77. The highest BCUT2D eigenvalue weighted by Gasteiger charge is 2.29. The average molecular weight is 241 g/mol. The predicted octanol–water partition coefficient (Wildman–Crippen LogP) is 3.42. The zero-order valence-electron chi connectivity index (χ0n) is 10.8. The zero-order valence-corrected chi connectivity index (χ0v) is 10.8. The van der Waals surface area contributed by atoms with Crippen LogP contribution in [0, 0.1) is 0 Å². The first-order valence-electron chi connectivity index (χ1n) is 6.73. The monoisotopic (exact) mass is 241 g/mol. The third kappa shape index (κ3) is 1.90. The van der Waals surface area contributed by atoms with E-state index in [2.05, 4.69) is 23.6 Å². The van der Waals surface area contributed by atoms with Crippen LogP contribution in [0.3, 0.4) is 0 Å². The fourth-order valence-corrected chi connectivity index (χ4v) is 2.44. The van der Waals surface area contributed by atoms with Gasteiger partial charge in [-0.25, -0.2) is 4.98 Å². The van der Waals surface area contributed by atoms with Crippen LogP contribution in [0.4, 0.5) is 5.82 Å². The lowest BCUT2D eigenvalue weighted by Gasteiger charge is -2.07. The minimum Gasteiger partial charge on any atom is -0.383 e. The molecule has 0 atom stereocenters. The van der Waals surface area contributed by atoms with E-state index < -0.39 is 0 Å². The number of anilines is 1. The first-order valence-corrected chi connectivity index (χ1v) is 6.73. The first kappa shape index (κ1) is 11.3. The minimum absolute atomic E-state index is 0.594. The molecule has 0 unspecified atom stereocenters. The Morgan fingerprint density at radius 3 is 2.61 bits per heavy atom. The third-order valence-corrected chi connectivity index (χ3v) is 3.45. The number of aromatic nitrogens is 2. The Balaban J connectivity index is 2.08. The maximum atomic E-state index is 6.31. The van der Waals surface area contributed by atoms with Crippen LogP contribution < -0.4 is 5.73 Å². The molecule has 94 valence electrons. The number of rotatable bonds is 4. The second-order valence-electron chi connectivity index (χ2n) is 4.98. The number of benzene rings is 1. The Morgan fingerprint density at radius 2 is 2.00 bits per heavy atom. The van der Waals surface area contributed by atoms with Gasteiger partial charge in [0, 0.05) is 18.0 Å². The van der Waals surface area contributed by atoms with Crippen LogP contribution in [0.15, 0.2) is 30.3 Å². The highest BCUT2D eigenvalue weighted by Crippen LogP contribution is 2.41. The van der Waals surface area contributed by atoms with E-state index in [0.717, 1.165) is 35.7 Å². The largest absolute Gasteiger partial charge is 0.383 e. The molecule has 0 spiro atoms. The Labute approximate surface area is 108 Å². The molecule has 0 bridgehead atoms. The fourth-order valence-electron chi connectivity index (χ4n) is 2.44. The number of aryl methyl sites for hydroxylation is 1. The lowest BCUT2D eigenvalue weighted by atomic mass is 10.1. The Morgan fingerprint density at radius 1 is 1.28 bits per heavy atom. The van der Waals surface area contributed by atoms with E-state index in [1.165, 1.54) is 12.8 Å². The second-order valence-corrected chi connectivity index (χ2v) is 4.98. The molecule has 3 heteroatoms. The number of imidazole rings is 1. The molecular weight excluding hydrogens is 222 g/mol. The molecule has 1 saturated carbocycles. The quantitative estimate of drug-likeness (QED) is 0.891. The molecule has 0 saturated heterocycles. The summed E-state index contributed by atoms with van der Waals surface area (Å²) in [7, 11) is 0. The van der Waals surface area contributed by atoms with E-state index in [9.17, 15) is 0 Å². The maximum Gasteiger partial charge on any atom is 0.131 e. The molecule has 18 heavy (non-hydrogen) atoms. The standard InChI is InChI=1S/C15H19N3/c1-2-6-13-17-14(11-7-4-3-5-8-11)15(16)18(13)12-9-10-12/h3-5,7-8,12H,2,6,9-10,16H2,1H3. The van der Waals surface area contributed by atoms with Crippen molar-refractivity contribution in [2.24, 2.45) is 0 Å². The van der Waals surface area contributed by atoms with Gasteiger partial charge in [0.15, 0.2) is 0 Å². The molecule has 3 nitrogen and oxygen atoms in total. The zero-order chi connectivity index (χ0) is 12.5. The Hall–Kier alpha value is -1.77. The second kappa shape index (κ2) is 4.48. The van der Waals surface area contributed by atoms with Gasteiger partial charge in [0.25, 0.3) is 0 Å². The van der Waals surface area contributed by atoms with Gasteiger partial charge in [-0.2, -0.15) is 0 Å². The maximum absolute atomic E-state index is 6.31. The number of nitrogen functional groups attached to an aromatic ring is 1. The predicted molar refractivity (Wildman–Crippen MR) is 74.3 cm³/mol. The summed E-state index contributed by atoms with van der Waals surface area (Å²) in [5.41, 5.74) is 8.38. The summed E-state index contributed by atoms with van der Waals surface area (Å²) >= 11 is 0. The molecule has 1 aliphatic carbocycles. The van der Waals surface area contributed by atoms with Crippen LogP contribution in [0.5, 0.6) is 0 Å². The summed E-state index contributed by atoms with van der Waals surface area (Å²) in [6, 6.07) is 10.8. The molecule has 0 radical (unpaired) electrons. The highest BCUT2D eigenvalue weighted by molar-refractivity contribution is 5.71. The minimum atomic E-state index is 0.594. The lowest BCUT2D eigenvalue weighted by molar-refractivity contribution is 0.676. The smallest absolute Gasteiger partial charge is 0.131 e. The number of nitrogens with two attached hydrogens (primary N) is 1. The van der Waals surface area contributed by atoms with Crippen molar-refractivity contribution >= 4 is 5.82 Å². The van der Waals surface area contributed by atoms with Gasteiger partial charge < -0.3 is 10.3 Å². The van der Waals surface area contributed by atoms with Gasteiger partial charge in [-0.1, -0.05) is 37.3 Å². The highest BCUT2D eigenvalue weighted by atomic mass is 15.2. The van der Waals surface area contributed by atoms with Crippen molar-refractivity contribution in [1.82, 2.24) is 9.55 Å². The van der Waals surface area contributed by atoms with Crippen molar-refractivity contribution in [2.45, 2.75) is 38.6 Å². The number of hydrogen-bond donors (Lipinski definition) is 1. The summed E-state index contributed by atoms with van der Waals surface area (Å²) in [6.45, 7) is 2.18. The number of hydrogen-bond acceptors (Lipinski definition) is 2. The molecule has 1 aliphatic rings. The van der Waals surface area contributed by atoms with Crippen LogP contribution >= 0.6 is 0 Å². The molecule has 1 aromatic heterocycles. The molecule has 0 amide bonds. The summed E-state index contributed by atoms with van der Waals surface area (Å²) in [5, 5.41) is 0. The van der Waals surface area contributed by atoms with Crippen LogP contribution in [0.1, 0.15) is 38.1 Å². The Kier molecular flexibility index (Phi) is 2.82. The fraction of sp³-hybridized carbons (Fsp3) is 0.400. The van der Waals surface area contributed by atoms with E-state index in [4.69, 9.17) is 10.7 Å². The number of nitrogens with zero attached hydrogens (tertiary/aromatic N) is 2. The van der Waals surface area contributed by atoms with Crippen LogP contribution in [0.25, 0.3) is 11.3 Å². The van der Waals surface area contributed by atoms with Crippen molar-refractivity contribution in [3.8, 4) is 11.3 Å². The molecule has 3 rings (SSSR count). The molecule has 2 N–H and O–H groups in total. The molecule has 1 aromatic carbocycles. The third-order valence-electron chi connectivity index (χ3n) is 3.45. The molecule has 1 heterocycles. The van der Waals surface area contributed by atoms with E-state index in [1.807, 2.05) is 18.2 Å². The summed E-state index contributed by atoms with van der Waals surface area (Å²) < 4.78 is 2.26. The molecule has 2 aromatic rings. The normalized spacial score (nSPS) is 14.9. The van der Waals surface area contributed by atoms with Gasteiger partial charge >= 0.3 is 0 Å². The van der Waals surface area contributed by atoms with Gasteiger partial charge in [-0.05, 0) is 19.3 Å². The van der Waals surface area contributed by atoms with Crippen LogP contribution in [0.2, 0.25) is 0 Å². The molecule has 0 aliphatic heterocycles. The van der Waals surface area contributed by atoms with E-state index in [0.29, 0.717) is 6.04 Å². The van der Waals surface area contributed by atoms with E-state index in [-0.39, 0.29) is 0 Å². The van der Waals surface area contributed by atoms with Gasteiger partial charge in [-0.15, -0.1) is 0 Å². The van der Waals surface area contributed by atoms with Crippen molar-refractivity contribution in [1.29, 1.82) is 0 Å². The van der Waals surface area contributed by atoms with Crippen molar-refractivity contribution in [2.75, 3.05) is 5.73 Å². The van der Waals surface area contributed by atoms with Gasteiger partial charge in [0.05, 0.1) is 0 Å². The molecular formula is C15H19N3. The van der Waals surface area contributed by atoms with Gasteiger partial charge in [0.2, 0.25) is 0 Å². The SMILES string of the molecule is CCCc1nc(-c2ccccc2)c(N)n1C1CC1. The van der Waals surface area contributed by atoms with Crippen LogP contribution in [-0.4, -0.2) is 9.55 Å². The van der Waals surface area contributed by atoms with Crippen molar-refractivity contribution in [3.05, 3.63) is 36.2 Å². The van der Waals surface area contributed by atoms with Crippen molar-refractivity contribution in [3.63, 3.8) is 0 Å². The molecule has 1 fully saturated rings. The van der Waals surface area contributed by atoms with Crippen molar-refractivity contribution < 1.29 is 0 Å². The lowest BCUT2D eigenvalue weighted by Crippen LogP contribution is -2.05. The van der Waals surface area contributed by atoms with Gasteiger partial charge in [-0.3, -0.25) is 0 Å².